The second-order valence-corrected chi connectivity index (χ2v) is 26.3. The Balaban J connectivity index is 1.06. The molecule has 0 aromatic heterocycles. The van der Waals surface area contributed by atoms with Gasteiger partial charge in [-0.05, 0) is 203 Å². The Morgan fingerprint density at radius 1 is 0.917 bits per heavy atom. The summed E-state index contributed by atoms with van der Waals surface area (Å²) in [6.07, 6.45) is 12.8. The summed E-state index contributed by atoms with van der Waals surface area (Å²) in [4.78, 5) is 31.2. The number of aromatic hydroxyl groups is 1. The number of hydrogen-bond donors (Lipinski definition) is 8. The molecule has 2 aromatic carbocycles. The second kappa shape index (κ2) is 19.4. The molecule has 2 aliphatic heterocycles. The summed E-state index contributed by atoms with van der Waals surface area (Å²) in [7, 11) is 1.89. The van der Waals surface area contributed by atoms with Crippen molar-refractivity contribution in [1.82, 2.24) is 10.6 Å². The molecule has 2 aromatic rings. The third-order valence-electron chi connectivity index (χ3n) is 22.1. The molecule has 2 saturated heterocycles. The van der Waals surface area contributed by atoms with Crippen LogP contribution in [0.15, 0.2) is 53.6 Å². The number of carbonyl (C=O) groups is 2. The van der Waals surface area contributed by atoms with Crippen molar-refractivity contribution in [2.24, 2.45) is 57.2 Å². The first-order valence-corrected chi connectivity index (χ1v) is 28.4. The van der Waals surface area contributed by atoms with Crippen LogP contribution in [0.3, 0.4) is 0 Å². The molecule has 0 bridgehead atoms. The Labute approximate surface area is 429 Å². The maximum Gasteiger partial charge on any atom is 0.160 e. The molecule has 8 aliphatic rings. The van der Waals surface area contributed by atoms with Crippen molar-refractivity contribution in [1.29, 1.82) is 0 Å². The topological polar surface area (TPSA) is 198 Å². The standard InChI is InChI=1S/C61H89N3O8/c1-56(71)20-7-8-21-57(2)53-48(64-35-56)31-61(22-23-65)51(58(53,3)30-45(54(57)70)40-25-37(33-63-6)26-42(67)28-40)19-18-47-52(50(69)32-59(47,61)4)44(38-13-9-12-36(24-38)34-66)29-49(68)55-60(5,72-55)46-17-11-16-43(46)39-14-10-15-41(62)27-39/h10,14-15,25-28,36,38,43-46,48-49,51,53,55,63-68,71H,7-9,11-13,16-24,29-35,62H2,1-6H3. The SMILES string of the molecule is CNCc1cc(O)cc(C2CC3(C)C4C(CC5(CCO)C3CCC3=C(C(CC(O)C6OC6(C)C6CCCC6c6cccc(N)c6)C6CCCC(CO)C6)C(=O)CC35C)NCC(C)(O)CCCCC4(C)C2=O)c1. The van der Waals surface area contributed by atoms with Crippen molar-refractivity contribution in [3.8, 4) is 5.75 Å². The molecule has 7 fully saturated rings. The molecule has 0 radical (unpaired) electrons. The van der Waals surface area contributed by atoms with Crippen molar-refractivity contribution in [2.45, 2.75) is 198 Å². The van der Waals surface area contributed by atoms with Gasteiger partial charge in [0.05, 0.1) is 17.3 Å². The Morgan fingerprint density at radius 3 is 2.44 bits per heavy atom. The number of hydrogen-bond acceptors (Lipinski definition) is 11. The molecular formula is C61H89N3O8. The fraction of sp³-hybridized carbons (Fsp3) is 0.738. The van der Waals surface area contributed by atoms with Crippen LogP contribution in [0.1, 0.15) is 179 Å². The zero-order valence-corrected chi connectivity index (χ0v) is 44.5. The van der Waals surface area contributed by atoms with Gasteiger partial charge in [-0.1, -0.05) is 70.2 Å². The van der Waals surface area contributed by atoms with Gasteiger partial charge in [-0.25, -0.2) is 0 Å². The molecule has 0 amide bonds. The number of benzene rings is 2. The molecule has 17 unspecified atom stereocenters. The summed E-state index contributed by atoms with van der Waals surface area (Å²) in [6, 6.07) is 13.8. The highest BCUT2D eigenvalue weighted by atomic mass is 16.6. The number of β-amino-alcohol motifs (C(OH)–C–C–N with tert-alkyl or cyclic N) is 1. The van der Waals surface area contributed by atoms with E-state index in [0.717, 1.165) is 93.0 Å². The number of ketones is 2. The number of nitrogens with two attached hydrogens (primary N) is 1. The van der Waals surface area contributed by atoms with E-state index in [2.05, 4.69) is 56.5 Å². The number of anilines is 1. The minimum absolute atomic E-state index is 0.0358. The lowest BCUT2D eigenvalue weighted by molar-refractivity contribution is -0.208. The number of allylic oxidation sites excluding steroid dienone is 2. The fourth-order valence-corrected chi connectivity index (χ4v) is 19.1. The van der Waals surface area contributed by atoms with Crippen molar-refractivity contribution in [3.05, 3.63) is 70.3 Å². The molecular weight excluding hydrogens is 903 g/mol. The third-order valence-corrected chi connectivity index (χ3v) is 22.1. The van der Waals surface area contributed by atoms with E-state index in [1.54, 1.807) is 12.1 Å². The number of aliphatic hydroxyl groups is 4. The minimum Gasteiger partial charge on any atom is -0.508 e. The molecule has 396 valence electrons. The van der Waals surface area contributed by atoms with E-state index < -0.39 is 44.9 Å². The van der Waals surface area contributed by atoms with E-state index in [1.165, 1.54) is 11.1 Å². The first-order valence-electron chi connectivity index (χ1n) is 28.4. The highest BCUT2D eigenvalue weighted by Gasteiger charge is 2.73. The lowest BCUT2D eigenvalue weighted by atomic mass is 9.33. The Bertz CT molecular complexity index is 2400. The zero-order valence-electron chi connectivity index (χ0n) is 44.5. The maximum absolute atomic E-state index is 15.6. The van der Waals surface area contributed by atoms with Crippen molar-refractivity contribution >= 4 is 17.3 Å². The summed E-state index contributed by atoms with van der Waals surface area (Å²) in [5, 5.41) is 64.9. The molecule has 11 nitrogen and oxygen atoms in total. The Morgan fingerprint density at radius 2 is 1.69 bits per heavy atom. The molecule has 11 heteroatoms. The van der Waals surface area contributed by atoms with Gasteiger partial charge >= 0.3 is 0 Å². The molecule has 0 spiro atoms. The van der Waals surface area contributed by atoms with E-state index in [0.29, 0.717) is 64.0 Å². The molecule has 6 aliphatic carbocycles. The Hall–Kier alpha value is -3.16. The number of rotatable bonds is 13. The Kier molecular flexibility index (Phi) is 14.1. The van der Waals surface area contributed by atoms with Gasteiger partial charge < -0.3 is 46.6 Å². The number of nitrogen functional groups attached to an aromatic ring is 1. The van der Waals surface area contributed by atoms with Gasteiger partial charge in [-0.15, -0.1) is 0 Å². The molecule has 9 N–H and O–H groups in total. The number of aliphatic hydroxyl groups excluding tert-OH is 3. The average Bonchev–Trinajstić information content (AvgIpc) is 3.63. The van der Waals surface area contributed by atoms with Crippen LogP contribution in [0, 0.1) is 57.2 Å². The fourth-order valence-electron chi connectivity index (χ4n) is 19.1. The van der Waals surface area contributed by atoms with Gasteiger partial charge in [0.15, 0.2) is 5.78 Å². The van der Waals surface area contributed by atoms with E-state index >= 15 is 9.59 Å². The smallest absolute Gasteiger partial charge is 0.160 e. The van der Waals surface area contributed by atoms with Crippen LogP contribution in [0.2, 0.25) is 0 Å². The van der Waals surface area contributed by atoms with Crippen LogP contribution < -0.4 is 16.4 Å². The highest BCUT2D eigenvalue weighted by Crippen LogP contribution is 2.76. The van der Waals surface area contributed by atoms with Gasteiger partial charge in [0, 0.05) is 61.2 Å². The van der Waals surface area contributed by atoms with Crippen LogP contribution >= 0.6 is 0 Å². The molecule has 10 rings (SSSR count). The summed E-state index contributed by atoms with van der Waals surface area (Å²) < 4.78 is 6.71. The lowest BCUT2D eigenvalue weighted by Crippen LogP contribution is -2.71. The average molecular weight is 992 g/mol. The van der Waals surface area contributed by atoms with Crippen molar-refractivity contribution in [3.63, 3.8) is 0 Å². The van der Waals surface area contributed by atoms with Gasteiger partial charge in [0.2, 0.25) is 0 Å². The number of fused-ring (bicyclic) bond motifs is 4. The number of ether oxygens (including phenoxy) is 1. The maximum atomic E-state index is 15.6. The number of Topliss-reactive ketones (excluding diaryl/α,β-unsaturated/α-hetero) is 2. The van der Waals surface area contributed by atoms with Gasteiger partial charge in [0.1, 0.15) is 17.6 Å². The quantitative estimate of drug-likeness (QED) is 0.0704. The molecule has 72 heavy (non-hydrogen) atoms. The van der Waals surface area contributed by atoms with E-state index in [1.807, 2.05) is 26.1 Å². The molecule has 17 atom stereocenters. The van der Waals surface area contributed by atoms with Crippen LogP contribution in [0.5, 0.6) is 5.75 Å². The lowest BCUT2D eigenvalue weighted by Gasteiger charge is -2.72. The summed E-state index contributed by atoms with van der Waals surface area (Å²) >= 11 is 0. The van der Waals surface area contributed by atoms with Crippen LogP contribution in [-0.4, -0.2) is 93.4 Å². The van der Waals surface area contributed by atoms with Gasteiger partial charge in [-0.3, -0.25) is 9.59 Å². The first-order chi connectivity index (χ1) is 34.3. The van der Waals surface area contributed by atoms with E-state index in [4.69, 9.17) is 10.5 Å². The summed E-state index contributed by atoms with van der Waals surface area (Å²) in [6.45, 7) is 12.1. The van der Waals surface area contributed by atoms with Crippen LogP contribution in [-0.2, 0) is 20.9 Å². The number of phenols is 1. The second-order valence-electron chi connectivity index (χ2n) is 26.3. The van der Waals surface area contributed by atoms with E-state index in [9.17, 15) is 25.5 Å². The number of carbonyl (C=O) groups excluding carboxylic acids is 2. The van der Waals surface area contributed by atoms with Crippen molar-refractivity contribution < 1.29 is 39.9 Å². The van der Waals surface area contributed by atoms with Gasteiger partial charge in [-0.2, -0.15) is 0 Å². The number of nitrogens with one attached hydrogen (secondary N) is 2. The molecule has 2 heterocycles. The highest BCUT2D eigenvalue weighted by molar-refractivity contribution is 6.01. The van der Waals surface area contributed by atoms with Gasteiger partial charge in [0.25, 0.3) is 0 Å². The third kappa shape index (κ3) is 8.67. The van der Waals surface area contributed by atoms with Crippen LogP contribution in [0.4, 0.5) is 5.69 Å². The van der Waals surface area contributed by atoms with E-state index in [-0.39, 0.29) is 78.2 Å². The monoisotopic (exact) mass is 992 g/mol. The van der Waals surface area contributed by atoms with Crippen LogP contribution in [0.25, 0.3) is 0 Å². The predicted octanol–water partition coefficient (Wildman–Crippen LogP) is 9.03. The normalized spacial score (nSPS) is 42.9. The minimum atomic E-state index is -0.939. The number of phenolic OH excluding ortho intramolecular Hbond substituents is 1. The summed E-state index contributed by atoms with van der Waals surface area (Å²) in [5.41, 5.74) is 8.48. The first kappa shape index (κ1) is 52.3. The van der Waals surface area contributed by atoms with Crippen molar-refractivity contribution in [2.75, 3.05) is 32.5 Å². The predicted molar refractivity (Wildman–Crippen MR) is 281 cm³/mol. The number of epoxide rings is 1. The zero-order chi connectivity index (χ0) is 51.2. The molecule has 5 saturated carbocycles. The largest absolute Gasteiger partial charge is 0.508 e. The summed E-state index contributed by atoms with van der Waals surface area (Å²) in [5.74, 6) is 0.726.